The third-order valence-corrected chi connectivity index (χ3v) is 9.59. The molecule has 1 saturated carbocycles. The Kier molecular flexibility index (Phi) is 16.0. The van der Waals surface area contributed by atoms with Crippen molar-refractivity contribution in [2.75, 3.05) is 65.6 Å². The second kappa shape index (κ2) is 15.2. The zero-order valence-electron chi connectivity index (χ0n) is 23.3. The maximum Gasteiger partial charge on any atom is 0.312 e. The van der Waals surface area contributed by atoms with E-state index in [9.17, 15) is 9.59 Å². The van der Waals surface area contributed by atoms with E-state index >= 15 is 0 Å². The molecule has 1 rings (SSSR count). The van der Waals surface area contributed by atoms with Crippen molar-refractivity contribution in [2.45, 2.75) is 75.2 Å². The third-order valence-electron chi connectivity index (χ3n) is 9.59. The van der Waals surface area contributed by atoms with Gasteiger partial charge in [0.2, 0.25) is 0 Å². The Morgan fingerprint density at radius 1 is 0.735 bits per heavy atom. The highest BCUT2D eigenvalue weighted by atomic mass is 79.9. The summed E-state index contributed by atoms with van der Waals surface area (Å²) in [6, 6.07) is 0. The molecule has 1 fully saturated rings. The van der Waals surface area contributed by atoms with Crippen LogP contribution in [-0.2, 0) is 19.1 Å². The van der Waals surface area contributed by atoms with Crippen molar-refractivity contribution >= 4 is 11.9 Å². The molecule has 1 aliphatic rings. The molecule has 0 aliphatic heterocycles. The minimum Gasteiger partial charge on any atom is -1.00 e. The van der Waals surface area contributed by atoms with Gasteiger partial charge in [-0.1, -0.05) is 13.8 Å². The van der Waals surface area contributed by atoms with Gasteiger partial charge in [0.15, 0.2) is 0 Å². The molecule has 2 atom stereocenters. The Morgan fingerprint density at radius 2 is 1.12 bits per heavy atom. The maximum atomic E-state index is 13.2. The predicted molar refractivity (Wildman–Crippen MR) is 130 cm³/mol. The Labute approximate surface area is 230 Å². The molecule has 0 heterocycles. The third kappa shape index (κ3) is 7.66. The Bertz CT molecular complexity index is 605. The van der Waals surface area contributed by atoms with Crippen molar-refractivity contribution in [3.63, 3.8) is 0 Å². The van der Waals surface area contributed by atoms with E-state index in [1.54, 1.807) is 0 Å². The quantitative estimate of drug-likeness (QED) is 0.172. The first-order valence-electron chi connectivity index (χ1n) is 13.0. The van der Waals surface area contributed by atoms with Gasteiger partial charge in [0.25, 0.3) is 0 Å². The van der Waals surface area contributed by atoms with Gasteiger partial charge in [-0.15, -0.1) is 0 Å². The van der Waals surface area contributed by atoms with Crippen molar-refractivity contribution in [1.82, 2.24) is 0 Å². The van der Waals surface area contributed by atoms with E-state index in [0.717, 1.165) is 61.3 Å². The van der Waals surface area contributed by atoms with E-state index in [1.165, 1.54) is 0 Å². The number of likely N-dealkylation sites (N-methyl/N-ethyl adjacent to an activating group) is 2. The lowest BCUT2D eigenvalue weighted by Gasteiger charge is -2.40. The highest BCUT2D eigenvalue weighted by molar-refractivity contribution is 5.82. The Morgan fingerprint density at radius 3 is 1.50 bits per heavy atom. The maximum absolute atomic E-state index is 13.2. The average molecular weight is 617 g/mol. The molecular formula is C26H52Br2N2O4. The second-order valence-electron chi connectivity index (χ2n) is 10.5. The predicted octanol–water partition coefficient (Wildman–Crippen LogP) is -1.72. The van der Waals surface area contributed by atoms with Crippen LogP contribution in [0, 0.1) is 16.7 Å². The fourth-order valence-corrected chi connectivity index (χ4v) is 5.50. The smallest absolute Gasteiger partial charge is 0.312 e. The van der Waals surface area contributed by atoms with Crippen LogP contribution in [0.5, 0.6) is 0 Å². The molecule has 34 heavy (non-hydrogen) atoms. The first-order valence-corrected chi connectivity index (χ1v) is 13.0. The summed E-state index contributed by atoms with van der Waals surface area (Å²) in [5, 5.41) is 0. The molecule has 0 radical (unpaired) electrons. The van der Waals surface area contributed by atoms with Gasteiger partial charge < -0.3 is 52.4 Å². The van der Waals surface area contributed by atoms with Gasteiger partial charge in [-0.2, -0.15) is 0 Å². The zero-order chi connectivity index (χ0) is 24.6. The van der Waals surface area contributed by atoms with Gasteiger partial charge in [0, 0.05) is 0 Å². The zero-order valence-corrected chi connectivity index (χ0v) is 26.5. The highest BCUT2D eigenvalue weighted by Crippen LogP contribution is 2.56. The summed E-state index contributed by atoms with van der Waals surface area (Å²) in [5.74, 6) is -0.604. The fourth-order valence-electron chi connectivity index (χ4n) is 5.50. The second-order valence-corrected chi connectivity index (χ2v) is 10.5. The number of hydrogen-bond acceptors (Lipinski definition) is 4. The highest BCUT2D eigenvalue weighted by Gasteiger charge is 2.59. The Balaban J connectivity index is 0. The minimum absolute atomic E-state index is 0. The number of carbonyl (C=O) groups is 2. The molecule has 0 N–H and O–H groups in total. The minimum atomic E-state index is -0.674. The van der Waals surface area contributed by atoms with Crippen molar-refractivity contribution < 1.29 is 62.0 Å². The van der Waals surface area contributed by atoms with Crippen LogP contribution >= 0.6 is 0 Å². The molecule has 0 aromatic heterocycles. The normalized spacial score (nSPS) is 21.9. The lowest BCUT2D eigenvalue weighted by molar-refractivity contribution is -0.923. The van der Waals surface area contributed by atoms with Gasteiger partial charge in [0.1, 0.15) is 26.3 Å². The summed E-state index contributed by atoms with van der Waals surface area (Å²) in [5.41, 5.74) is -1.17. The molecule has 8 heteroatoms. The van der Waals surface area contributed by atoms with Crippen molar-refractivity contribution in [1.29, 1.82) is 0 Å². The van der Waals surface area contributed by atoms with Crippen molar-refractivity contribution in [2.24, 2.45) is 16.7 Å². The van der Waals surface area contributed by atoms with Crippen LogP contribution in [0.1, 0.15) is 75.2 Å². The summed E-state index contributed by atoms with van der Waals surface area (Å²) in [7, 11) is 0. The van der Waals surface area contributed by atoms with E-state index in [1.807, 2.05) is 20.8 Å². The molecule has 0 bridgehead atoms. The molecule has 0 aromatic carbocycles. The molecule has 0 saturated heterocycles. The summed E-state index contributed by atoms with van der Waals surface area (Å²) >= 11 is 0. The van der Waals surface area contributed by atoms with Gasteiger partial charge >= 0.3 is 11.9 Å². The first kappa shape index (κ1) is 36.0. The molecule has 6 nitrogen and oxygen atoms in total. The standard InChI is InChI=1S/C26H52N2O4.2BrH/c1-10-27(11-2,12-3)18-20-31-23(29)22-16-17-26(9,25(22,7)8)24(30)32-21-19-28(13-4,14-5)15-6;;/h22H,10-21H2,1-9H3;2*1H/q+2;;/p-2/t22-,26+;;/m1../s1. The number of rotatable bonds is 14. The molecule has 0 unspecified atom stereocenters. The van der Waals surface area contributed by atoms with Gasteiger partial charge in [-0.3, -0.25) is 9.59 Å². The molecule has 204 valence electrons. The van der Waals surface area contributed by atoms with Crippen LogP contribution in [0.2, 0.25) is 0 Å². The van der Waals surface area contributed by atoms with E-state index < -0.39 is 10.8 Å². The van der Waals surface area contributed by atoms with Crippen molar-refractivity contribution in [3.8, 4) is 0 Å². The number of halogens is 2. The number of esters is 2. The molecule has 0 spiro atoms. The summed E-state index contributed by atoms with van der Waals surface area (Å²) < 4.78 is 13.5. The topological polar surface area (TPSA) is 52.6 Å². The van der Waals surface area contributed by atoms with E-state index in [-0.39, 0.29) is 51.8 Å². The molecule has 0 aromatic rings. The average Bonchev–Trinajstić information content (AvgIpc) is 3.04. The number of quaternary nitrogens is 2. The molecule has 1 aliphatic carbocycles. The lowest BCUT2D eigenvalue weighted by atomic mass is 9.65. The summed E-state index contributed by atoms with van der Waals surface area (Å²) in [6.45, 7) is 28.0. The molecule has 0 amide bonds. The summed E-state index contributed by atoms with van der Waals surface area (Å²) in [6.07, 6.45) is 1.33. The molecular weight excluding hydrogens is 564 g/mol. The number of hydrogen-bond donors (Lipinski definition) is 0. The van der Waals surface area contributed by atoms with Gasteiger partial charge in [-0.25, -0.2) is 0 Å². The van der Waals surface area contributed by atoms with E-state index in [2.05, 4.69) is 41.5 Å². The Hall–Kier alpha value is -0.180. The first-order chi connectivity index (χ1) is 15.0. The number of nitrogens with zero attached hydrogens (tertiary/aromatic N) is 2. The number of ether oxygens (including phenoxy) is 2. The van der Waals surface area contributed by atoms with Crippen LogP contribution in [0.3, 0.4) is 0 Å². The lowest BCUT2D eigenvalue weighted by Crippen LogP contribution is -3.00. The monoisotopic (exact) mass is 614 g/mol. The van der Waals surface area contributed by atoms with Crippen LogP contribution in [0.4, 0.5) is 0 Å². The summed E-state index contributed by atoms with van der Waals surface area (Å²) in [4.78, 5) is 26.2. The largest absolute Gasteiger partial charge is 1.00 e. The van der Waals surface area contributed by atoms with Crippen LogP contribution < -0.4 is 34.0 Å². The van der Waals surface area contributed by atoms with Crippen LogP contribution in [0.25, 0.3) is 0 Å². The van der Waals surface area contributed by atoms with Crippen molar-refractivity contribution in [3.05, 3.63) is 0 Å². The van der Waals surface area contributed by atoms with E-state index in [4.69, 9.17) is 9.47 Å². The fraction of sp³-hybridized carbons (Fsp3) is 0.923. The van der Waals surface area contributed by atoms with Crippen LogP contribution in [-0.4, -0.2) is 86.5 Å². The number of carbonyl (C=O) groups excluding carboxylic acids is 2. The van der Waals surface area contributed by atoms with Crippen LogP contribution in [0.15, 0.2) is 0 Å². The van der Waals surface area contributed by atoms with E-state index in [0.29, 0.717) is 26.1 Å². The van der Waals surface area contributed by atoms with Gasteiger partial charge in [-0.05, 0) is 66.7 Å². The van der Waals surface area contributed by atoms with Gasteiger partial charge in [0.05, 0.1) is 50.6 Å². The SMILES string of the molecule is CC[N+](CC)(CC)CCOC(=O)[C@H]1CC[C@@](C)(C(=O)OCC[N+](CC)(CC)CC)C1(C)C.[Br-].[Br-].